The van der Waals surface area contributed by atoms with Crippen LogP contribution in [0.5, 0.6) is 11.5 Å². The zero-order valence-electron chi connectivity index (χ0n) is 13.5. The summed E-state index contributed by atoms with van der Waals surface area (Å²) in [7, 11) is 3.31. The van der Waals surface area contributed by atoms with Crippen LogP contribution in [0.15, 0.2) is 30.9 Å². The van der Waals surface area contributed by atoms with Gasteiger partial charge in [0.25, 0.3) is 0 Å². The summed E-state index contributed by atoms with van der Waals surface area (Å²) >= 11 is 0. The van der Waals surface area contributed by atoms with E-state index in [-0.39, 0.29) is 11.5 Å². The van der Waals surface area contributed by atoms with E-state index in [1.165, 1.54) is 13.1 Å². The highest BCUT2D eigenvalue weighted by molar-refractivity contribution is 5.46. The molecule has 22 heavy (non-hydrogen) atoms. The molecule has 1 aromatic carbocycles. The number of rotatable bonds is 3. The fourth-order valence-corrected chi connectivity index (χ4v) is 1.53. The second-order valence-electron chi connectivity index (χ2n) is 4.27. The van der Waals surface area contributed by atoms with Crippen molar-refractivity contribution in [1.82, 2.24) is 15.2 Å². The molecule has 0 fully saturated rings. The fourth-order valence-electron chi connectivity index (χ4n) is 1.53. The quantitative estimate of drug-likeness (QED) is 0.509. The van der Waals surface area contributed by atoms with Crippen molar-refractivity contribution in [3.05, 3.63) is 42.2 Å². The summed E-state index contributed by atoms with van der Waals surface area (Å²) in [6.45, 7) is 7.48. The van der Waals surface area contributed by atoms with Gasteiger partial charge in [0, 0.05) is 19.2 Å². The lowest BCUT2D eigenvalue weighted by Crippen LogP contribution is -2.17. The van der Waals surface area contributed by atoms with Gasteiger partial charge in [-0.15, -0.1) is 11.7 Å². The largest absolute Gasteiger partial charge is 0.504 e. The van der Waals surface area contributed by atoms with Crippen molar-refractivity contribution in [3.8, 4) is 11.5 Å². The first-order valence-electron chi connectivity index (χ1n) is 6.74. The number of para-hydroxylation sites is 1. The Morgan fingerprint density at radius 3 is 2.45 bits per heavy atom. The topological polar surface area (TPSA) is 111 Å². The number of aromatic hydroxyl groups is 2. The minimum atomic E-state index is -0.123. The molecule has 0 bridgehead atoms. The number of anilines is 1. The number of phenols is 2. The van der Waals surface area contributed by atoms with E-state index in [0.717, 1.165) is 5.82 Å². The minimum Gasteiger partial charge on any atom is -0.504 e. The molecule has 0 radical (unpaired) electrons. The first-order chi connectivity index (χ1) is 10.5. The predicted octanol–water partition coefficient (Wildman–Crippen LogP) is 1.93. The number of aromatic amines is 1. The van der Waals surface area contributed by atoms with Crippen LogP contribution < -0.4 is 10.6 Å². The van der Waals surface area contributed by atoms with Gasteiger partial charge in [-0.1, -0.05) is 18.2 Å². The Kier molecular flexibility index (Phi) is 9.04. The van der Waals surface area contributed by atoms with Crippen LogP contribution in [0.1, 0.15) is 18.3 Å². The lowest BCUT2D eigenvalue weighted by Gasteiger charge is -2.15. The zero-order chi connectivity index (χ0) is 17.1. The number of hydrogen-bond donors (Lipinski definition) is 4. The predicted molar refractivity (Wildman–Crippen MR) is 89.0 cm³/mol. The molecule has 0 unspecified atom stereocenters. The van der Waals surface area contributed by atoms with Crippen LogP contribution in [0.25, 0.3) is 0 Å². The average molecular weight is 307 g/mol. The molecule has 0 aliphatic heterocycles. The van der Waals surface area contributed by atoms with Crippen LogP contribution in [-0.4, -0.2) is 39.5 Å². The van der Waals surface area contributed by atoms with Crippen LogP contribution in [-0.2, 0) is 6.54 Å². The molecule has 5 N–H and O–H groups in total. The summed E-state index contributed by atoms with van der Waals surface area (Å²) in [5, 5.41) is 25.8. The monoisotopic (exact) mass is 307 g/mol. The van der Waals surface area contributed by atoms with Crippen molar-refractivity contribution in [3.63, 3.8) is 0 Å². The molecule has 0 spiro atoms. The third kappa shape index (κ3) is 5.84. The molecule has 0 aliphatic carbocycles. The van der Waals surface area contributed by atoms with Crippen LogP contribution in [0.2, 0.25) is 0 Å². The maximum atomic E-state index is 9.67. The lowest BCUT2D eigenvalue weighted by molar-refractivity contribution is 0.399. The third-order valence-corrected chi connectivity index (χ3v) is 2.43. The van der Waals surface area contributed by atoms with E-state index in [1.807, 2.05) is 20.9 Å². The molecular formula is C15H25N5O2. The van der Waals surface area contributed by atoms with Crippen molar-refractivity contribution in [2.45, 2.75) is 20.4 Å². The van der Waals surface area contributed by atoms with Crippen LogP contribution in [0, 0.1) is 6.92 Å². The highest BCUT2D eigenvalue weighted by Gasteiger charge is 2.11. The standard InChI is InChI=1S/C11H14N4O2.C3H6.CH5N/c1-7-12-11(14-13-7)15(2)6-8-4-3-5-9(16)10(8)17;1-3-2;1-2/h3-5,16-17H,6H2,1-2H3,(H,12,13,14);3H,1H2,2H3;2H2,1H3. The van der Waals surface area contributed by atoms with E-state index in [9.17, 15) is 10.2 Å². The van der Waals surface area contributed by atoms with Crippen LogP contribution in [0.4, 0.5) is 5.95 Å². The summed E-state index contributed by atoms with van der Waals surface area (Å²) < 4.78 is 0. The van der Waals surface area contributed by atoms with Gasteiger partial charge in [0.15, 0.2) is 11.5 Å². The van der Waals surface area contributed by atoms with E-state index in [1.54, 1.807) is 23.1 Å². The van der Waals surface area contributed by atoms with Crippen LogP contribution in [0.3, 0.4) is 0 Å². The highest BCUT2D eigenvalue weighted by atomic mass is 16.3. The molecule has 0 saturated carbocycles. The molecule has 0 aliphatic rings. The number of aromatic nitrogens is 3. The number of aryl methyl sites for hydroxylation is 1. The molecule has 122 valence electrons. The average Bonchev–Trinajstić information content (AvgIpc) is 2.93. The van der Waals surface area contributed by atoms with E-state index < -0.39 is 0 Å². The smallest absolute Gasteiger partial charge is 0.244 e. The number of hydrogen-bond acceptors (Lipinski definition) is 6. The van der Waals surface area contributed by atoms with Gasteiger partial charge >= 0.3 is 0 Å². The molecule has 2 aromatic rings. The van der Waals surface area contributed by atoms with Gasteiger partial charge < -0.3 is 20.8 Å². The van der Waals surface area contributed by atoms with Crippen molar-refractivity contribution >= 4 is 5.95 Å². The Bertz CT molecular complexity index is 569. The Labute approximate surface area is 131 Å². The molecule has 1 heterocycles. The van der Waals surface area contributed by atoms with Crippen LogP contribution >= 0.6 is 0 Å². The molecule has 0 saturated heterocycles. The van der Waals surface area contributed by atoms with E-state index in [0.29, 0.717) is 18.1 Å². The van der Waals surface area contributed by atoms with Crippen molar-refractivity contribution in [2.75, 3.05) is 19.0 Å². The molecule has 2 rings (SSSR count). The highest BCUT2D eigenvalue weighted by Crippen LogP contribution is 2.29. The van der Waals surface area contributed by atoms with Gasteiger partial charge in [-0.2, -0.15) is 4.98 Å². The maximum Gasteiger partial charge on any atom is 0.244 e. The van der Waals surface area contributed by atoms with Crippen molar-refractivity contribution in [2.24, 2.45) is 5.73 Å². The molecule has 1 aromatic heterocycles. The number of phenolic OH excluding ortho intramolecular Hbond substituents is 2. The van der Waals surface area contributed by atoms with Crippen molar-refractivity contribution in [1.29, 1.82) is 0 Å². The third-order valence-electron chi connectivity index (χ3n) is 2.43. The summed E-state index contributed by atoms with van der Waals surface area (Å²) in [5.41, 5.74) is 5.12. The Hall–Kier alpha value is -2.54. The normalized spacial score (nSPS) is 8.95. The lowest BCUT2D eigenvalue weighted by atomic mass is 10.2. The van der Waals surface area contributed by atoms with Gasteiger partial charge in [0.05, 0.1) is 0 Å². The summed E-state index contributed by atoms with van der Waals surface area (Å²) in [5.74, 6) is 1.05. The SMILES string of the molecule is C=CC.CN.Cc1nc(N(C)Cc2cccc(O)c2O)n[nH]1. The molecule has 7 nitrogen and oxygen atoms in total. The zero-order valence-corrected chi connectivity index (χ0v) is 13.5. The maximum absolute atomic E-state index is 9.67. The molecule has 7 heteroatoms. The van der Waals surface area contributed by atoms with Gasteiger partial charge in [-0.25, -0.2) is 0 Å². The van der Waals surface area contributed by atoms with E-state index in [4.69, 9.17) is 0 Å². The second kappa shape index (κ2) is 10.2. The van der Waals surface area contributed by atoms with Gasteiger partial charge in [0.2, 0.25) is 5.95 Å². The number of nitrogens with two attached hydrogens (primary N) is 1. The van der Waals surface area contributed by atoms with E-state index >= 15 is 0 Å². The molecular weight excluding hydrogens is 282 g/mol. The number of allylic oxidation sites excluding steroid dienone is 1. The number of H-pyrrole nitrogens is 1. The van der Waals surface area contributed by atoms with Gasteiger partial charge in [-0.05, 0) is 27.0 Å². The van der Waals surface area contributed by atoms with Gasteiger partial charge in [-0.3, -0.25) is 5.10 Å². The Morgan fingerprint density at radius 1 is 1.36 bits per heavy atom. The van der Waals surface area contributed by atoms with E-state index in [2.05, 4.69) is 27.5 Å². The number of benzene rings is 1. The minimum absolute atomic E-state index is 0.105. The number of nitrogens with one attached hydrogen (secondary N) is 1. The molecule has 0 amide bonds. The summed E-state index contributed by atoms with van der Waals surface area (Å²) in [6.07, 6.45) is 1.75. The Morgan fingerprint density at radius 2 is 1.95 bits per heavy atom. The first kappa shape index (κ1) is 19.5. The summed E-state index contributed by atoms with van der Waals surface area (Å²) in [4.78, 5) is 5.95. The first-order valence-corrected chi connectivity index (χ1v) is 6.74. The second-order valence-corrected chi connectivity index (χ2v) is 4.27. The van der Waals surface area contributed by atoms with Gasteiger partial charge in [0.1, 0.15) is 5.82 Å². The van der Waals surface area contributed by atoms with Crippen molar-refractivity contribution < 1.29 is 10.2 Å². The number of nitrogens with zero attached hydrogens (tertiary/aromatic N) is 3. The fraction of sp³-hybridized carbons (Fsp3) is 0.333. The molecule has 0 atom stereocenters. The Balaban J connectivity index is 0.000000789. The summed E-state index contributed by atoms with van der Waals surface area (Å²) in [6, 6.07) is 4.86.